The molecule has 2 amide bonds. The Bertz CT molecular complexity index is 1060. The molecule has 0 unspecified atom stereocenters. The van der Waals surface area contributed by atoms with Gasteiger partial charge in [-0.25, -0.2) is 9.40 Å². The molecule has 1 aliphatic rings. The molecule has 0 bridgehead atoms. The first-order chi connectivity index (χ1) is 15.8. The Balaban J connectivity index is 1.93. The first-order valence-corrected chi connectivity index (χ1v) is 10.5. The number of methoxy groups -OCH3 is 1. The molecular weight excluding hydrogens is 431 g/mol. The number of amides is 2. The SMILES string of the molecule is CCC(=O)N(CCOC)CC(=O)N1N=C(c2ccc(F)cc2)C[C@H]1c1cccc([N+](=O)[O-])c1. The van der Waals surface area contributed by atoms with Crippen molar-refractivity contribution in [2.24, 2.45) is 5.10 Å². The number of ether oxygens (including phenoxy) is 1. The molecular formula is C23H25FN4O5. The number of non-ortho nitro benzene ring substituents is 1. The summed E-state index contributed by atoms with van der Waals surface area (Å²) in [5.41, 5.74) is 1.63. The van der Waals surface area contributed by atoms with Crippen molar-refractivity contribution < 1.29 is 23.6 Å². The molecule has 2 aromatic rings. The summed E-state index contributed by atoms with van der Waals surface area (Å²) < 4.78 is 18.4. The molecule has 0 saturated heterocycles. The Labute approximate surface area is 190 Å². The molecule has 0 aromatic heterocycles. The molecule has 0 saturated carbocycles. The van der Waals surface area contributed by atoms with Crippen molar-refractivity contribution in [3.63, 3.8) is 0 Å². The Hall–Kier alpha value is -3.66. The van der Waals surface area contributed by atoms with Crippen LogP contribution in [0.15, 0.2) is 53.6 Å². The van der Waals surface area contributed by atoms with Gasteiger partial charge in [0.1, 0.15) is 12.4 Å². The predicted octanol–water partition coefficient (Wildman–Crippen LogP) is 3.30. The highest BCUT2D eigenvalue weighted by molar-refractivity contribution is 6.03. The smallest absolute Gasteiger partial charge is 0.269 e. The maximum atomic E-state index is 13.4. The maximum Gasteiger partial charge on any atom is 0.269 e. The second-order valence-corrected chi connectivity index (χ2v) is 7.53. The molecule has 0 N–H and O–H groups in total. The predicted molar refractivity (Wildman–Crippen MR) is 119 cm³/mol. The summed E-state index contributed by atoms with van der Waals surface area (Å²) in [5, 5.41) is 17.0. The van der Waals surface area contributed by atoms with Gasteiger partial charge in [-0.2, -0.15) is 5.10 Å². The number of nitrogens with zero attached hydrogens (tertiary/aromatic N) is 4. The van der Waals surface area contributed by atoms with Gasteiger partial charge >= 0.3 is 0 Å². The minimum Gasteiger partial charge on any atom is -0.383 e. The highest BCUT2D eigenvalue weighted by Crippen LogP contribution is 2.34. The van der Waals surface area contributed by atoms with Gasteiger partial charge in [0.25, 0.3) is 11.6 Å². The lowest BCUT2D eigenvalue weighted by molar-refractivity contribution is -0.385. The minimum atomic E-state index is -0.599. The first-order valence-electron chi connectivity index (χ1n) is 10.5. The van der Waals surface area contributed by atoms with Crippen molar-refractivity contribution in [1.29, 1.82) is 0 Å². The number of hydrogen-bond acceptors (Lipinski definition) is 6. The first kappa shape index (κ1) is 24.0. The largest absolute Gasteiger partial charge is 0.383 e. The van der Waals surface area contributed by atoms with Gasteiger partial charge in [-0.1, -0.05) is 31.2 Å². The summed E-state index contributed by atoms with van der Waals surface area (Å²) >= 11 is 0. The van der Waals surface area contributed by atoms with Crippen LogP contribution in [0.3, 0.4) is 0 Å². The molecule has 3 rings (SSSR count). The lowest BCUT2D eigenvalue weighted by Crippen LogP contribution is -2.42. The zero-order valence-electron chi connectivity index (χ0n) is 18.4. The van der Waals surface area contributed by atoms with Gasteiger partial charge in [-0.05, 0) is 23.3 Å². The molecule has 0 radical (unpaired) electrons. The van der Waals surface area contributed by atoms with Crippen LogP contribution in [0.1, 0.15) is 36.9 Å². The summed E-state index contributed by atoms with van der Waals surface area (Å²) in [5.74, 6) is -1.02. The van der Waals surface area contributed by atoms with Crippen LogP contribution in [0.25, 0.3) is 0 Å². The number of nitro groups is 1. The van der Waals surface area contributed by atoms with E-state index in [4.69, 9.17) is 4.74 Å². The van der Waals surface area contributed by atoms with Crippen LogP contribution in [0.4, 0.5) is 10.1 Å². The van der Waals surface area contributed by atoms with Gasteiger partial charge in [0, 0.05) is 38.6 Å². The number of benzene rings is 2. The van der Waals surface area contributed by atoms with Crippen molar-refractivity contribution in [2.45, 2.75) is 25.8 Å². The molecule has 0 spiro atoms. The summed E-state index contributed by atoms with van der Waals surface area (Å²) in [4.78, 5) is 37.7. The van der Waals surface area contributed by atoms with Crippen molar-refractivity contribution in [3.8, 4) is 0 Å². The quantitative estimate of drug-likeness (QED) is 0.425. The lowest BCUT2D eigenvalue weighted by atomic mass is 9.98. The Kier molecular flexibility index (Phi) is 7.83. The number of halogens is 1. The van der Waals surface area contributed by atoms with Gasteiger partial charge < -0.3 is 9.64 Å². The van der Waals surface area contributed by atoms with E-state index in [9.17, 15) is 24.1 Å². The molecule has 0 aliphatic carbocycles. The average Bonchev–Trinajstić information content (AvgIpc) is 3.27. The number of hydrazone groups is 1. The second-order valence-electron chi connectivity index (χ2n) is 7.53. The van der Waals surface area contributed by atoms with Crippen molar-refractivity contribution in [1.82, 2.24) is 9.91 Å². The van der Waals surface area contributed by atoms with E-state index < -0.39 is 22.7 Å². The molecule has 1 heterocycles. The topological polar surface area (TPSA) is 105 Å². The number of carbonyl (C=O) groups is 2. The standard InChI is InChI=1S/C23H25FN4O5/c1-3-22(29)26(11-12-33-2)15-23(30)27-21(17-5-4-6-19(13-17)28(31)32)14-20(25-27)16-7-9-18(24)10-8-16/h4-10,13,21H,3,11-12,14-15H2,1-2H3/t21-/m0/s1. The van der Waals surface area contributed by atoms with Gasteiger partial charge in [-0.3, -0.25) is 19.7 Å². The van der Waals surface area contributed by atoms with Crippen LogP contribution < -0.4 is 0 Å². The van der Waals surface area contributed by atoms with E-state index in [0.717, 1.165) is 0 Å². The van der Waals surface area contributed by atoms with Gasteiger partial charge in [-0.15, -0.1) is 0 Å². The van der Waals surface area contributed by atoms with Gasteiger partial charge in [0.05, 0.1) is 23.3 Å². The van der Waals surface area contributed by atoms with Crippen molar-refractivity contribution in [3.05, 3.63) is 75.6 Å². The third-order valence-corrected chi connectivity index (χ3v) is 5.36. The number of rotatable bonds is 9. The van der Waals surface area contributed by atoms with Crippen LogP contribution in [0, 0.1) is 15.9 Å². The highest BCUT2D eigenvalue weighted by atomic mass is 19.1. The Morgan fingerprint density at radius 1 is 1.27 bits per heavy atom. The highest BCUT2D eigenvalue weighted by Gasteiger charge is 2.34. The van der Waals surface area contributed by atoms with Crippen LogP contribution >= 0.6 is 0 Å². The molecule has 174 valence electrons. The Morgan fingerprint density at radius 2 is 2.00 bits per heavy atom. The van der Waals surface area contributed by atoms with E-state index >= 15 is 0 Å². The van der Waals surface area contributed by atoms with E-state index in [2.05, 4.69) is 5.10 Å². The number of nitro benzene ring substituents is 1. The fourth-order valence-electron chi connectivity index (χ4n) is 3.62. The zero-order chi connectivity index (χ0) is 24.0. The molecule has 1 aliphatic heterocycles. The van der Waals surface area contributed by atoms with Gasteiger partial charge in [0.15, 0.2) is 0 Å². The van der Waals surface area contributed by atoms with E-state index in [1.165, 1.54) is 41.3 Å². The summed E-state index contributed by atoms with van der Waals surface area (Å²) in [7, 11) is 1.51. The fourth-order valence-corrected chi connectivity index (χ4v) is 3.62. The lowest BCUT2D eigenvalue weighted by Gasteiger charge is -2.26. The van der Waals surface area contributed by atoms with Crippen molar-refractivity contribution in [2.75, 3.05) is 26.8 Å². The molecule has 0 fully saturated rings. The van der Waals surface area contributed by atoms with E-state index in [1.807, 2.05) is 0 Å². The number of carbonyl (C=O) groups excluding carboxylic acids is 2. The van der Waals surface area contributed by atoms with Crippen LogP contribution in [0.2, 0.25) is 0 Å². The van der Waals surface area contributed by atoms with Crippen molar-refractivity contribution >= 4 is 23.2 Å². The summed E-state index contributed by atoms with van der Waals surface area (Å²) in [6, 6.07) is 11.2. The third kappa shape index (κ3) is 5.78. The number of hydrogen-bond donors (Lipinski definition) is 0. The molecule has 33 heavy (non-hydrogen) atoms. The van der Waals surface area contributed by atoms with Gasteiger partial charge in [0.2, 0.25) is 5.91 Å². The zero-order valence-corrected chi connectivity index (χ0v) is 18.4. The fraction of sp³-hybridized carbons (Fsp3) is 0.348. The minimum absolute atomic E-state index is 0.0991. The van der Waals surface area contributed by atoms with E-state index in [-0.39, 0.29) is 37.7 Å². The normalized spacial score (nSPS) is 15.3. The maximum absolute atomic E-state index is 13.4. The summed E-state index contributed by atoms with van der Waals surface area (Å²) in [6.07, 6.45) is 0.522. The van der Waals surface area contributed by atoms with Crippen LogP contribution in [-0.2, 0) is 14.3 Å². The molecule has 10 heteroatoms. The summed E-state index contributed by atoms with van der Waals surface area (Å²) in [6.45, 7) is 2.02. The van der Waals surface area contributed by atoms with E-state index in [0.29, 0.717) is 23.3 Å². The average molecular weight is 456 g/mol. The molecule has 2 aromatic carbocycles. The molecule has 9 nitrogen and oxygen atoms in total. The Morgan fingerprint density at radius 3 is 2.64 bits per heavy atom. The second kappa shape index (κ2) is 10.8. The third-order valence-electron chi connectivity index (χ3n) is 5.36. The van der Waals surface area contributed by atoms with Crippen LogP contribution in [-0.4, -0.2) is 59.2 Å². The van der Waals surface area contributed by atoms with Crippen LogP contribution in [0.5, 0.6) is 0 Å². The molecule has 1 atom stereocenters. The monoisotopic (exact) mass is 456 g/mol. The van der Waals surface area contributed by atoms with E-state index in [1.54, 1.807) is 31.2 Å².